The van der Waals surface area contributed by atoms with Crippen molar-refractivity contribution in [2.24, 2.45) is 0 Å². The molecule has 0 fully saturated rings. The Labute approximate surface area is 152 Å². The van der Waals surface area contributed by atoms with Crippen LogP contribution in [0.15, 0.2) is 78.9 Å². The predicted molar refractivity (Wildman–Crippen MR) is 104 cm³/mol. The zero-order chi connectivity index (χ0) is 18.4. The number of amides is 2. The molecule has 0 saturated carbocycles. The minimum atomic E-state index is -0.186. The van der Waals surface area contributed by atoms with Gasteiger partial charge in [0.1, 0.15) is 0 Å². The molecule has 0 atom stereocenters. The van der Waals surface area contributed by atoms with E-state index in [1.165, 1.54) is 0 Å². The van der Waals surface area contributed by atoms with Crippen LogP contribution in [0.1, 0.15) is 21.5 Å². The second-order valence-electron chi connectivity index (χ2n) is 6.05. The van der Waals surface area contributed by atoms with Crippen molar-refractivity contribution in [1.82, 2.24) is 0 Å². The minimum absolute atomic E-state index is 0.0918. The number of hydrogen-bond acceptors (Lipinski definition) is 2. The van der Waals surface area contributed by atoms with E-state index in [1.54, 1.807) is 36.4 Å². The number of hydrogen-bond donors (Lipinski definition) is 2. The topological polar surface area (TPSA) is 58.2 Å². The van der Waals surface area contributed by atoms with Crippen LogP contribution in [0.5, 0.6) is 0 Å². The summed E-state index contributed by atoms with van der Waals surface area (Å²) in [5.41, 5.74) is 3.95. The van der Waals surface area contributed by atoms with Crippen LogP contribution in [0.3, 0.4) is 0 Å². The first-order valence-corrected chi connectivity index (χ1v) is 8.42. The first-order valence-electron chi connectivity index (χ1n) is 8.42. The van der Waals surface area contributed by atoms with E-state index in [0.29, 0.717) is 23.4 Å². The molecule has 3 aromatic rings. The molecule has 26 heavy (non-hydrogen) atoms. The van der Waals surface area contributed by atoms with E-state index in [9.17, 15) is 9.59 Å². The van der Waals surface area contributed by atoms with Gasteiger partial charge in [0.15, 0.2) is 0 Å². The van der Waals surface area contributed by atoms with Crippen LogP contribution in [-0.4, -0.2) is 11.8 Å². The van der Waals surface area contributed by atoms with Gasteiger partial charge in [0, 0.05) is 16.9 Å². The lowest BCUT2D eigenvalue weighted by Crippen LogP contribution is -2.16. The highest BCUT2D eigenvalue weighted by atomic mass is 16.2. The van der Waals surface area contributed by atoms with Gasteiger partial charge in [-0.3, -0.25) is 9.59 Å². The average molecular weight is 344 g/mol. The fourth-order valence-corrected chi connectivity index (χ4v) is 2.65. The Bertz CT molecular complexity index is 920. The van der Waals surface area contributed by atoms with Crippen LogP contribution in [0.4, 0.5) is 11.4 Å². The Morgan fingerprint density at radius 3 is 2.15 bits per heavy atom. The smallest absolute Gasteiger partial charge is 0.255 e. The zero-order valence-electron chi connectivity index (χ0n) is 14.5. The van der Waals surface area contributed by atoms with Crippen LogP contribution in [-0.2, 0) is 11.2 Å². The van der Waals surface area contributed by atoms with Gasteiger partial charge in [0.05, 0.1) is 6.42 Å². The number of carbonyl (C=O) groups excluding carboxylic acids is 2. The van der Waals surface area contributed by atoms with Crippen molar-refractivity contribution in [2.45, 2.75) is 13.3 Å². The van der Waals surface area contributed by atoms with Crippen LogP contribution < -0.4 is 10.6 Å². The van der Waals surface area contributed by atoms with E-state index >= 15 is 0 Å². The number of benzene rings is 3. The highest BCUT2D eigenvalue weighted by Crippen LogP contribution is 2.17. The Morgan fingerprint density at radius 1 is 0.769 bits per heavy atom. The van der Waals surface area contributed by atoms with Crippen LogP contribution in [0.2, 0.25) is 0 Å². The number of aryl methyl sites for hydroxylation is 1. The predicted octanol–water partition coefficient (Wildman–Crippen LogP) is 4.43. The third kappa shape index (κ3) is 4.57. The maximum absolute atomic E-state index is 12.3. The van der Waals surface area contributed by atoms with Gasteiger partial charge in [-0.15, -0.1) is 0 Å². The largest absolute Gasteiger partial charge is 0.326 e. The Hall–Kier alpha value is -3.40. The molecule has 4 nitrogen and oxygen atoms in total. The summed E-state index contributed by atoms with van der Waals surface area (Å²) in [5.74, 6) is -0.278. The van der Waals surface area contributed by atoms with E-state index in [2.05, 4.69) is 10.6 Å². The van der Waals surface area contributed by atoms with Gasteiger partial charge in [-0.25, -0.2) is 0 Å². The lowest BCUT2D eigenvalue weighted by Gasteiger charge is -2.10. The molecule has 2 amide bonds. The molecule has 0 bridgehead atoms. The fourth-order valence-electron chi connectivity index (χ4n) is 2.65. The Balaban J connectivity index is 1.65. The SMILES string of the molecule is Cc1ccccc1CC(=O)Nc1cccc(NC(=O)c2ccccc2)c1. The molecule has 0 saturated heterocycles. The monoisotopic (exact) mass is 344 g/mol. The van der Waals surface area contributed by atoms with Crippen molar-refractivity contribution in [3.63, 3.8) is 0 Å². The summed E-state index contributed by atoms with van der Waals surface area (Å²) < 4.78 is 0. The van der Waals surface area contributed by atoms with Gasteiger partial charge >= 0.3 is 0 Å². The molecule has 0 aromatic heterocycles. The molecule has 0 unspecified atom stereocenters. The highest BCUT2D eigenvalue weighted by Gasteiger charge is 2.08. The molecule has 4 heteroatoms. The van der Waals surface area contributed by atoms with Gasteiger partial charge < -0.3 is 10.6 Å². The molecule has 0 radical (unpaired) electrons. The van der Waals surface area contributed by atoms with E-state index in [-0.39, 0.29) is 11.8 Å². The van der Waals surface area contributed by atoms with Crippen molar-refractivity contribution in [3.05, 3.63) is 95.6 Å². The molecule has 130 valence electrons. The summed E-state index contributed by atoms with van der Waals surface area (Å²) in [5, 5.41) is 5.72. The molecule has 0 spiro atoms. The quantitative estimate of drug-likeness (QED) is 0.719. The zero-order valence-corrected chi connectivity index (χ0v) is 14.5. The molecule has 0 aliphatic rings. The maximum Gasteiger partial charge on any atom is 0.255 e. The normalized spacial score (nSPS) is 10.2. The second kappa shape index (κ2) is 8.12. The Kier molecular flexibility index (Phi) is 5.44. The number of anilines is 2. The number of rotatable bonds is 5. The van der Waals surface area contributed by atoms with Gasteiger partial charge in [-0.1, -0.05) is 48.5 Å². The van der Waals surface area contributed by atoms with E-state index < -0.39 is 0 Å². The summed E-state index contributed by atoms with van der Waals surface area (Å²) in [4.78, 5) is 24.5. The fraction of sp³-hybridized carbons (Fsp3) is 0.0909. The third-order valence-electron chi connectivity index (χ3n) is 4.05. The van der Waals surface area contributed by atoms with Crippen molar-refractivity contribution in [3.8, 4) is 0 Å². The molecule has 0 aliphatic carbocycles. The maximum atomic E-state index is 12.3. The minimum Gasteiger partial charge on any atom is -0.326 e. The second-order valence-corrected chi connectivity index (χ2v) is 6.05. The van der Waals surface area contributed by atoms with Crippen molar-refractivity contribution in [1.29, 1.82) is 0 Å². The third-order valence-corrected chi connectivity index (χ3v) is 4.05. The summed E-state index contributed by atoms with van der Waals surface area (Å²) in [7, 11) is 0. The van der Waals surface area contributed by atoms with Crippen LogP contribution in [0, 0.1) is 6.92 Å². The molecular formula is C22H20N2O2. The van der Waals surface area contributed by atoms with E-state index in [4.69, 9.17) is 0 Å². The Morgan fingerprint density at radius 2 is 1.42 bits per heavy atom. The molecule has 0 heterocycles. The van der Waals surface area contributed by atoms with Crippen molar-refractivity contribution >= 4 is 23.2 Å². The van der Waals surface area contributed by atoms with Gasteiger partial charge in [-0.2, -0.15) is 0 Å². The van der Waals surface area contributed by atoms with E-state index in [0.717, 1.165) is 11.1 Å². The van der Waals surface area contributed by atoms with E-state index in [1.807, 2.05) is 49.4 Å². The van der Waals surface area contributed by atoms with Gasteiger partial charge in [0.2, 0.25) is 5.91 Å². The summed E-state index contributed by atoms with van der Waals surface area (Å²) in [6.45, 7) is 1.99. The molecular weight excluding hydrogens is 324 g/mol. The molecule has 2 N–H and O–H groups in total. The van der Waals surface area contributed by atoms with Crippen molar-refractivity contribution in [2.75, 3.05) is 10.6 Å². The average Bonchev–Trinajstić information content (AvgIpc) is 2.64. The molecule has 0 aliphatic heterocycles. The van der Waals surface area contributed by atoms with Crippen LogP contribution >= 0.6 is 0 Å². The highest BCUT2D eigenvalue weighted by molar-refractivity contribution is 6.04. The first-order chi connectivity index (χ1) is 12.6. The number of nitrogens with one attached hydrogen (secondary N) is 2. The van der Waals surface area contributed by atoms with Gasteiger partial charge in [0.25, 0.3) is 5.91 Å². The first kappa shape index (κ1) is 17.4. The lowest BCUT2D eigenvalue weighted by atomic mass is 10.1. The summed E-state index contributed by atoms with van der Waals surface area (Å²) >= 11 is 0. The van der Waals surface area contributed by atoms with Crippen LogP contribution in [0.25, 0.3) is 0 Å². The molecule has 3 aromatic carbocycles. The van der Waals surface area contributed by atoms with Crippen molar-refractivity contribution < 1.29 is 9.59 Å². The number of carbonyl (C=O) groups is 2. The molecule has 3 rings (SSSR count). The standard InChI is InChI=1S/C22H20N2O2/c1-16-8-5-6-11-18(16)14-21(25)23-19-12-7-13-20(15-19)24-22(26)17-9-3-2-4-10-17/h2-13,15H,14H2,1H3,(H,23,25)(H,24,26). The lowest BCUT2D eigenvalue weighted by molar-refractivity contribution is -0.115. The summed E-state index contributed by atoms with van der Waals surface area (Å²) in [6, 6.07) is 24.0. The summed E-state index contributed by atoms with van der Waals surface area (Å²) in [6.07, 6.45) is 0.313. The van der Waals surface area contributed by atoms with Gasteiger partial charge in [-0.05, 0) is 48.4 Å².